The first-order valence-electron chi connectivity index (χ1n) is 7.03. The van der Waals surface area contributed by atoms with Gasteiger partial charge in [0.2, 0.25) is 5.91 Å². The van der Waals surface area contributed by atoms with Gasteiger partial charge in [0.1, 0.15) is 6.04 Å². The molecule has 1 aliphatic rings. The highest BCUT2D eigenvalue weighted by atomic mass is 35.5. The number of piperazine rings is 1. The van der Waals surface area contributed by atoms with E-state index < -0.39 is 16.3 Å². The van der Waals surface area contributed by atoms with Crippen molar-refractivity contribution in [1.29, 1.82) is 0 Å². The topological polar surface area (TPSA) is 69.7 Å². The van der Waals surface area contributed by atoms with Crippen LogP contribution in [0.1, 0.15) is 25.5 Å². The Morgan fingerprint density at radius 3 is 2.59 bits per heavy atom. The Balaban J connectivity index is 2.49. The molecule has 6 nitrogen and oxygen atoms in total. The summed E-state index contributed by atoms with van der Waals surface area (Å²) in [6, 6.07) is 5.65. The predicted molar refractivity (Wildman–Crippen MR) is 85.7 cm³/mol. The molecule has 1 N–H and O–H groups in total. The molecule has 1 saturated heterocycles. The molecule has 1 aromatic carbocycles. The zero-order valence-electron chi connectivity index (χ0n) is 12.8. The minimum absolute atomic E-state index is 0.207. The number of nitrogens with zero attached hydrogens (tertiary/aromatic N) is 2. The zero-order valence-corrected chi connectivity index (χ0v) is 14.4. The minimum atomic E-state index is -3.76. The van der Waals surface area contributed by atoms with Crippen LogP contribution in [-0.4, -0.2) is 49.1 Å². The van der Waals surface area contributed by atoms with Crippen LogP contribution in [0.4, 0.5) is 0 Å². The van der Waals surface area contributed by atoms with E-state index in [1.165, 1.54) is 15.7 Å². The molecule has 1 atom stereocenters. The molecule has 8 heteroatoms. The van der Waals surface area contributed by atoms with Crippen molar-refractivity contribution < 1.29 is 13.2 Å². The second-order valence-electron chi connectivity index (χ2n) is 5.44. The lowest BCUT2D eigenvalue weighted by Crippen LogP contribution is -2.56. The molecular formula is C14H20ClN3O3S. The summed E-state index contributed by atoms with van der Waals surface area (Å²) in [4.78, 5) is 12.3. The SMILES string of the molecule is CC(C)N(C)S(=O)(=O)N1CCNC(=O)C1c1ccccc1Cl. The van der Waals surface area contributed by atoms with E-state index in [9.17, 15) is 13.2 Å². The fourth-order valence-electron chi connectivity index (χ4n) is 2.32. The van der Waals surface area contributed by atoms with Gasteiger partial charge in [-0.1, -0.05) is 29.8 Å². The second-order valence-corrected chi connectivity index (χ2v) is 7.79. The highest BCUT2D eigenvalue weighted by Gasteiger charge is 2.41. The number of amides is 1. The largest absolute Gasteiger partial charge is 0.353 e. The molecule has 1 amide bonds. The van der Waals surface area contributed by atoms with E-state index in [-0.39, 0.29) is 25.0 Å². The maximum absolute atomic E-state index is 12.8. The van der Waals surface area contributed by atoms with Crippen LogP contribution < -0.4 is 5.32 Å². The summed E-state index contributed by atoms with van der Waals surface area (Å²) in [5, 5.41) is 3.08. The lowest BCUT2D eigenvalue weighted by Gasteiger charge is -2.37. The van der Waals surface area contributed by atoms with Crippen molar-refractivity contribution >= 4 is 27.7 Å². The third-order valence-electron chi connectivity index (χ3n) is 3.76. The normalized spacial score (nSPS) is 20.5. The van der Waals surface area contributed by atoms with Gasteiger partial charge in [-0.3, -0.25) is 4.79 Å². The first-order chi connectivity index (χ1) is 10.3. The number of hydrogen-bond acceptors (Lipinski definition) is 3. The van der Waals surface area contributed by atoms with E-state index in [1.807, 2.05) is 0 Å². The van der Waals surface area contributed by atoms with Crippen LogP contribution in [0, 0.1) is 0 Å². The summed E-state index contributed by atoms with van der Waals surface area (Å²) < 4.78 is 28.1. The number of carbonyl (C=O) groups is 1. The number of halogens is 1. The first kappa shape index (κ1) is 17.2. The van der Waals surface area contributed by atoms with Crippen molar-refractivity contribution in [3.8, 4) is 0 Å². The molecular weight excluding hydrogens is 326 g/mol. The Hall–Kier alpha value is -1.15. The summed E-state index contributed by atoms with van der Waals surface area (Å²) in [7, 11) is -2.25. The fraction of sp³-hybridized carbons (Fsp3) is 0.500. The van der Waals surface area contributed by atoms with Gasteiger partial charge in [0.25, 0.3) is 10.2 Å². The van der Waals surface area contributed by atoms with Crippen molar-refractivity contribution in [3.63, 3.8) is 0 Å². The lowest BCUT2D eigenvalue weighted by molar-refractivity contribution is -0.127. The second kappa shape index (κ2) is 6.54. The van der Waals surface area contributed by atoms with E-state index in [1.54, 1.807) is 38.1 Å². The molecule has 1 unspecified atom stereocenters. The van der Waals surface area contributed by atoms with Gasteiger partial charge >= 0.3 is 0 Å². The number of rotatable bonds is 4. The standard InChI is InChI=1S/C14H20ClN3O3S/c1-10(2)17(3)22(20,21)18-9-8-16-14(19)13(18)11-6-4-5-7-12(11)15/h4-7,10,13H,8-9H2,1-3H3,(H,16,19). The Kier molecular flexibility index (Phi) is 5.11. The molecule has 122 valence electrons. The quantitative estimate of drug-likeness (QED) is 0.896. The van der Waals surface area contributed by atoms with Gasteiger partial charge in [-0.15, -0.1) is 0 Å². The molecule has 0 aliphatic carbocycles. The van der Waals surface area contributed by atoms with Crippen LogP contribution in [0.3, 0.4) is 0 Å². The molecule has 0 bridgehead atoms. The number of hydrogen-bond donors (Lipinski definition) is 1. The number of nitrogens with one attached hydrogen (secondary N) is 1. The third-order valence-corrected chi connectivity index (χ3v) is 6.23. The van der Waals surface area contributed by atoms with Crippen molar-refractivity contribution in [2.24, 2.45) is 0 Å². The van der Waals surface area contributed by atoms with Crippen molar-refractivity contribution in [2.45, 2.75) is 25.9 Å². The first-order valence-corrected chi connectivity index (χ1v) is 8.81. The average Bonchev–Trinajstić information content (AvgIpc) is 2.47. The molecule has 22 heavy (non-hydrogen) atoms. The molecule has 2 rings (SSSR count). The van der Waals surface area contributed by atoms with E-state index in [0.717, 1.165) is 0 Å². The zero-order chi connectivity index (χ0) is 16.5. The minimum Gasteiger partial charge on any atom is -0.353 e. The van der Waals surface area contributed by atoms with E-state index >= 15 is 0 Å². The molecule has 1 fully saturated rings. The maximum Gasteiger partial charge on any atom is 0.283 e. The molecule has 1 aliphatic heterocycles. The van der Waals surface area contributed by atoms with Crippen LogP contribution in [0.15, 0.2) is 24.3 Å². The Bertz CT molecular complexity index is 663. The number of carbonyl (C=O) groups excluding carboxylic acids is 1. The molecule has 0 aromatic heterocycles. The predicted octanol–water partition coefficient (Wildman–Crippen LogP) is 1.40. The fourth-order valence-corrected chi connectivity index (χ4v) is 4.22. The van der Waals surface area contributed by atoms with Crippen LogP contribution >= 0.6 is 11.6 Å². The van der Waals surface area contributed by atoms with E-state index in [0.29, 0.717) is 10.6 Å². The molecule has 1 aromatic rings. The smallest absolute Gasteiger partial charge is 0.283 e. The van der Waals surface area contributed by atoms with E-state index in [2.05, 4.69) is 5.32 Å². The van der Waals surface area contributed by atoms with E-state index in [4.69, 9.17) is 11.6 Å². The summed E-state index contributed by atoms with van der Waals surface area (Å²) >= 11 is 6.17. The summed E-state index contributed by atoms with van der Waals surface area (Å²) in [5.41, 5.74) is 0.488. The molecule has 0 radical (unpaired) electrons. The maximum atomic E-state index is 12.8. The summed E-state index contributed by atoms with van der Waals surface area (Å²) in [5.74, 6) is -0.361. The third kappa shape index (κ3) is 3.12. The lowest BCUT2D eigenvalue weighted by atomic mass is 10.0. The molecule has 0 spiro atoms. The van der Waals surface area contributed by atoms with Crippen molar-refractivity contribution in [3.05, 3.63) is 34.9 Å². The van der Waals surface area contributed by atoms with Gasteiger partial charge in [-0.05, 0) is 25.5 Å². The Morgan fingerprint density at radius 1 is 1.36 bits per heavy atom. The van der Waals surface area contributed by atoms with Crippen LogP contribution in [0.5, 0.6) is 0 Å². The molecule has 0 saturated carbocycles. The number of benzene rings is 1. The van der Waals surface area contributed by atoms with Crippen LogP contribution in [-0.2, 0) is 15.0 Å². The van der Waals surface area contributed by atoms with Gasteiger partial charge in [0.15, 0.2) is 0 Å². The van der Waals surface area contributed by atoms with Gasteiger partial charge in [0, 0.05) is 31.2 Å². The van der Waals surface area contributed by atoms with Gasteiger partial charge in [-0.2, -0.15) is 17.0 Å². The van der Waals surface area contributed by atoms with Crippen LogP contribution in [0.2, 0.25) is 5.02 Å². The van der Waals surface area contributed by atoms with Gasteiger partial charge < -0.3 is 5.32 Å². The summed E-state index contributed by atoms with van der Waals surface area (Å²) in [6.07, 6.45) is 0. The van der Waals surface area contributed by atoms with Crippen molar-refractivity contribution in [2.75, 3.05) is 20.1 Å². The average molecular weight is 346 g/mol. The molecule has 1 heterocycles. The Morgan fingerprint density at radius 2 is 2.00 bits per heavy atom. The van der Waals surface area contributed by atoms with Gasteiger partial charge in [-0.25, -0.2) is 0 Å². The Labute approximate surface area is 136 Å². The highest BCUT2D eigenvalue weighted by molar-refractivity contribution is 7.86. The van der Waals surface area contributed by atoms with Gasteiger partial charge in [0.05, 0.1) is 0 Å². The van der Waals surface area contributed by atoms with Crippen LogP contribution in [0.25, 0.3) is 0 Å². The summed E-state index contributed by atoms with van der Waals surface area (Å²) in [6.45, 7) is 4.06. The highest BCUT2D eigenvalue weighted by Crippen LogP contribution is 2.32. The monoisotopic (exact) mass is 345 g/mol. The van der Waals surface area contributed by atoms with Crippen molar-refractivity contribution in [1.82, 2.24) is 13.9 Å².